The van der Waals surface area contributed by atoms with E-state index in [1.54, 1.807) is 0 Å². The molecule has 0 radical (unpaired) electrons. The number of morpholine rings is 1. The summed E-state index contributed by atoms with van der Waals surface area (Å²) in [6.07, 6.45) is 2.73. The number of nitrogens with two attached hydrogens (primary N) is 1. The first kappa shape index (κ1) is 22.9. The van der Waals surface area contributed by atoms with Gasteiger partial charge in [0, 0.05) is 32.8 Å². The number of piperidine rings is 1. The number of amides is 1. The van der Waals surface area contributed by atoms with E-state index in [1.807, 2.05) is 4.90 Å². The third kappa shape index (κ3) is 7.11. The van der Waals surface area contributed by atoms with Crippen molar-refractivity contribution in [3.05, 3.63) is 0 Å². The average molecular weight is 372 g/mol. The van der Waals surface area contributed by atoms with E-state index in [-0.39, 0.29) is 42.9 Å². The summed E-state index contributed by atoms with van der Waals surface area (Å²) in [6.45, 7) is 8.36. The lowest BCUT2D eigenvalue weighted by molar-refractivity contribution is -0.151. The summed E-state index contributed by atoms with van der Waals surface area (Å²) in [6, 6.07) is 0. The first-order chi connectivity index (χ1) is 10.2. The number of halogens is 2. The predicted molar refractivity (Wildman–Crippen MR) is 95.6 cm³/mol. The molecule has 2 saturated heterocycles. The lowest BCUT2D eigenvalue weighted by Crippen LogP contribution is -2.52. The van der Waals surface area contributed by atoms with E-state index in [4.69, 9.17) is 15.2 Å². The first-order valence-corrected chi connectivity index (χ1v) is 8.19. The maximum absolute atomic E-state index is 12.5. The Morgan fingerprint density at radius 1 is 1.26 bits per heavy atom. The van der Waals surface area contributed by atoms with Crippen LogP contribution in [0, 0.1) is 0 Å². The minimum atomic E-state index is -0.284. The molecule has 0 aromatic rings. The Bertz CT molecular complexity index is 329. The number of hydrogen-bond donors (Lipinski definition) is 1. The Morgan fingerprint density at radius 3 is 2.57 bits per heavy atom. The topological polar surface area (TPSA) is 68.0 Å². The van der Waals surface area contributed by atoms with Crippen molar-refractivity contribution in [1.29, 1.82) is 0 Å². The second-order valence-corrected chi connectivity index (χ2v) is 5.79. The molecule has 2 heterocycles. The molecule has 2 rings (SSSR count). The highest BCUT2D eigenvalue weighted by molar-refractivity contribution is 5.85. The van der Waals surface area contributed by atoms with Crippen molar-refractivity contribution in [3.8, 4) is 0 Å². The predicted octanol–water partition coefficient (Wildman–Crippen LogP) is 0.907. The van der Waals surface area contributed by atoms with Crippen LogP contribution in [0.15, 0.2) is 0 Å². The molecule has 23 heavy (non-hydrogen) atoms. The molecule has 2 aliphatic rings. The second kappa shape index (κ2) is 12.3. The van der Waals surface area contributed by atoms with E-state index >= 15 is 0 Å². The number of carbonyl (C=O) groups is 1. The number of nitrogens with zero attached hydrogens (tertiary/aromatic N) is 2. The normalized spacial score (nSPS) is 23.0. The molecule has 0 bridgehead atoms. The number of hydrogen-bond acceptors (Lipinski definition) is 5. The van der Waals surface area contributed by atoms with E-state index in [0.717, 1.165) is 58.6 Å². The van der Waals surface area contributed by atoms with Gasteiger partial charge in [-0.1, -0.05) is 6.92 Å². The molecule has 2 aliphatic heterocycles. The highest BCUT2D eigenvalue weighted by Crippen LogP contribution is 2.17. The molecule has 2 N–H and O–H groups in total. The van der Waals surface area contributed by atoms with Gasteiger partial charge in [-0.05, 0) is 32.4 Å². The quantitative estimate of drug-likeness (QED) is 0.702. The number of carbonyl (C=O) groups excluding carboxylic acids is 1. The van der Waals surface area contributed by atoms with Crippen molar-refractivity contribution in [2.45, 2.75) is 38.4 Å². The van der Waals surface area contributed by atoms with Crippen molar-refractivity contribution < 1.29 is 14.3 Å². The zero-order valence-electron chi connectivity index (χ0n) is 13.9. The van der Waals surface area contributed by atoms with Gasteiger partial charge in [0.1, 0.15) is 6.10 Å². The van der Waals surface area contributed by atoms with Crippen LogP contribution in [0.2, 0.25) is 0 Å². The van der Waals surface area contributed by atoms with Crippen molar-refractivity contribution in [2.75, 3.05) is 52.5 Å². The van der Waals surface area contributed by atoms with Crippen LogP contribution >= 0.6 is 24.8 Å². The van der Waals surface area contributed by atoms with Gasteiger partial charge in [0.05, 0.1) is 12.7 Å². The van der Waals surface area contributed by atoms with Crippen molar-refractivity contribution in [2.24, 2.45) is 5.73 Å². The van der Waals surface area contributed by atoms with Crippen LogP contribution in [0.3, 0.4) is 0 Å². The molecule has 1 amide bonds. The Kier molecular flexibility index (Phi) is 12.2. The molecule has 0 spiro atoms. The van der Waals surface area contributed by atoms with E-state index in [9.17, 15) is 4.79 Å². The van der Waals surface area contributed by atoms with Gasteiger partial charge in [0.15, 0.2) is 0 Å². The molecule has 1 unspecified atom stereocenters. The van der Waals surface area contributed by atoms with E-state index in [1.165, 1.54) is 0 Å². The molecular weight excluding hydrogens is 341 g/mol. The highest BCUT2D eigenvalue weighted by Gasteiger charge is 2.31. The van der Waals surface area contributed by atoms with Gasteiger partial charge in [-0.2, -0.15) is 0 Å². The number of likely N-dealkylation sites (tertiary alicyclic amines) is 1. The van der Waals surface area contributed by atoms with Crippen LogP contribution in [-0.4, -0.2) is 80.4 Å². The molecule has 0 aliphatic carbocycles. The lowest BCUT2D eigenvalue weighted by atomic mass is 10.1. The largest absolute Gasteiger partial charge is 0.378 e. The summed E-state index contributed by atoms with van der Waals surface area (Å²) in [5, 5.41) is 0. The van der Waals surface area contributed by atoms with Crippen LogP contribution in [-0.2, 0) is 14.3 Å². The van der Waals surface area contributed by atoms with E-state index in [2.05, 4.69) is 11.8 Å². The zero-order valence-corrected chi connectivity index (χ0v) is 15.6. The van der Waals surface area contributed by atoms with Gasteiger partial charge < -0.3 is 20.1 Å². The van der Waals surface area contributed by atoms with Crippen molar-refractivity contribution >= 4 is 30.7 Å². The van der Waals surface area contributed by atoms with Crippen LogP contribution in [0.25, 0.3) is 0 Å². The standard InChI is InChI=1S/C15H29N3O3.2ClH/c1-2-17-9-11-21-14(12-17)15(19)18-7-4-13(5-8-18)20-10-3-6-16;;/h13-14H,2-12,16H2,1H3;2*1H. The summed E-state index contributed by atoms with van der Waals surface area (Å²) in [5.74, 6) is 0.147. The SMILES string of the molecule is CCN1CCOC(C(=O)N2CCC(OCCCN)CC2)C1.Cl.Cl. The third-order valence-electron chi connectivity index (χ3n) is 4.33. The average Bonchev–Trinajstić information content (AvgIpc) is 2.55. The first-order valence-electron chi connectivity index (χ1n) is 8.19. The third-order valence-corrected chi connectivity index (χ3v) is 4.33. The Labute approximate surface area is 151 Å². The minimum Gasteiger partial charge on any atom is -0.378 e. The van der Waals surface area contributed by atoms with Gasteiger partial charge in [-0.15, -0.1) is 24.8 Å². The van der Waals surface area contributed by atoms with Crippen LogP contribution in [0.1, 0.15) is 26.2 Å². The molecule has 0 aromatic heterocycles. The van der Waals surface area contributed by atoms with Crippen molar-refractivity contribution in [1.82, 2.24) is 9.80 Å². The lowest BCUT2D eigenvalue weighted by Gasteiger charge is -2.37. The van der Waals surface area contributed by atoms with Gasteiger partial charge in [0.25, 0.3) is 5.91 Å². The molecular formula is C15H31Cl2N3O3. The molecule has 138 valence electrons. The summed E-state index contributed by atoms with van der Waals surface area (Å²) >= 11 is 0. The molecule has 2 fully saturated rings. The monoisotopic (exact) mass is 371 g/mol. The fourth-order valence-corrected chi connectivity index (χ4v) is 2.92. The maximum Gasteiger partial charge on any atom is 0.253 e. The Morgan fingerprint density at radius 2 is 1.96 bits per heavy atom. The van der Waals surface area contributed by atoms with Crippen LogP contribution in [0.4, 0.5) is 0 Å². The van der Waals surface area contributed by atoms with Gasteiger partial charge in [-0.25, -0.2) is 0 Å². The minimum absolute atomic E-state index is 0. The highest BCUT2D eigenvalue weighted by atomic mass is 35.5. The Balaban J connectivity index is 0.00000242. The number of rotatable bonds is 6. The molecule has 8 heteroatoms. The van der Waals surface area contributed by atoms with Crippen molar-refractivity contribution in [3.63, 3.8) is 0 Å². The van der Waals surface area contributed by atoms with Crippen LogP contribution in [0.5, 0.6) is 0 Å². The number of ether oxygens (including phenoxy) is 2. The van der Waals surface area contributed by atoms with Gasteiger partial charge in [-0.3, -0.25) is 9.69 Å². The summed E-state index contributed by atoms with van der Waals surface area (Å²) in [4.78, 5) is 16.7. The smallest absolute Gasteiger partial charge is 0.253 e. The molecule has 0 saturated carbocycles. The summed E-state index contributed by atoms with van der Waals surface area (Å²) < 4.78 is 11.4. The fourth-order valence-electron chi connectivity index (χ4n) is 2.92. The number of likely N-dealkylation sites (N-methyl/N-ethyl adjacent to an activating group) is 1. The summed E-state index contributed by atoms with van der Waals surface area (Å²) in [7, 11) is 0. The summed E-state index contributed by atoms with van der Waals surface area (Å²) in [5.41, 5.74) is 5.46. The molecule has 0 aromatic carbocycles. The van der Waals surface area contributed by atoms with E-state index in [0.29, 0.717) is 13.2 Å². The molecule has 6 nitrogen and oxygen atoms in total. The molecule has 1 atom stereocenters. The van der Waals surface area contributed by atoms with E-state index < -0.39 is 0 Å². The van der Waals surface area contributed by atoms with Crippen LogP contribution < -0.4 is 5.73 Å². The Hall–Kier alpha value is -0.110. The van der Waals surface area contributed by atoms with Gasteiger partial charge >= 0.3 is 0 Å². The zero-order chi connectivity index (χ0) is 15.1. The maximum atomic E-state index is 12.5. The second-order valence-electron chi connectivity index (χ2n) is 5.79. The van der Waals surface area contributed by atoms with Gasteiger partial charge in [0.2, 0.25) is 0 Å². The fraction of sp³-hybridized carbons (Fsp3) is 0.933.